The summed E-state index contributed by atoms with van der Waals surface area (Å²) in [6.07, 6.45) is 0.227. The van der Waals surface area contributed by atoms with Crippen LogP contribution in [0, 0.1) is 27.7 Å². The molecule has 0 atom stereocenters. The summed E-state index contributed by atoms with van der Waals surface area (Å²) in [4.78, 5) is 36.9. The number of carbonyl (C=O) groups excluding carboxylic acids is 3. The highest BCUT2D eigenvalue weighted by atomic mass is 32.2. The average Bonchev–Trinajstić information content (AvgIpc) is 2.97. The monoisotopic (exact) mass is 417 g/mol. The van der Waals surface area contributed by atoms with Crippen molar-refractivity contribution in [3.8, 4) is 0 Å². The second kappa shape index (κ2) is 10.3. The van der Waals surface area contributed by atoms with Crippen molar-refractivity contribution in [2.45, 2.75) is 45.6 Å². The molecular formula is C22H27NO5S. The van der Waals surface area contributed by atoms with Gasteiger partial charge in [0.15, 0.2) is 6.61 Å². The van der Waals surface area contributed by atoms with Crippen molar-refractivity contribution >= 4 is 29.5 Å². The van der Waals surface area contributed by atoms with E-state index in [1.165, 1.54) is 24.4 Å². The fourth-order valence-electron chi connectivity index (χ4n) is 3.10. The summed E-state index contributed by atoms with van der Waals surface area (Å²) in [6, 6.07) is 7.80. The number of ketones is 1. The Morgan fingerprint density at radius 1 is 1.03 bits per heavy atom. The Morgan fingerprint density at radius 3 is 2.41 bits per heavy atom. The van der Waals surface area contributed by atoms with E-state index in [0.29, 0.717) is 12.1 Å². The van der Waals surface area contributed by atoms with Crippen LogP contribution in [0.3, 0.4) is 0 Å². The first-order valence-electron chi connectivity index (χ1n) is 9.35. The molecule has 0 N–H and O–H groups in total. The van der Waals surface area contributed by atoms with Gasteiger partial charge >= 0.3 is 11.9 Å². The SMILES string of the molecule is COC(=O)CCn1c(C)cc(C(=O)COC(=O)CSc2ccc(C)cc2C)c1C. The summed E-state index contributed by atoms with van der Waals surface area (Å²) >= 11 is 1.40. The van der Waals surface area contributed by atoms with Gasteiger partial charge in [-0.15, -0.1) is 11.8 Å². The van der Waals surface area contributed by atoms with E-state index in [0.717, 1.165) is 21.8 Å². The van der Waals surface area contributed by atoms with Crippen LogP contribution in [-0.2, 0) is 25.6 Å². The zero-order chi connectivity index (χ0) is 21.6. The largest absolute Gasteiger partial charge is 0.469 e. The van der Waals surface area contributed by atoms with E-state index in [2.05, 4.69) is 10.8 Å². The van der Waals surface area contributed by atoms with Crippen LogP contribution in [0.15, 0.2) is 29.2 Å². The number of Topliss-reactive ketones (excluding diaryl/α,β-unsaturated/α-hetero) is 1. The molecule has 0 spiro atoms. The molecule has 2 rings (SSSR count). The molecule has 0 unspecified atom stereocenters. The normalized spacial score (nSPS) is 10.7. The number of methoxy groups -OCH3 is 1. The van der Waals surface area contributed by atoms with E-state index >= 15 is 0 Å². The number of nitrogens with zero attached hydrogens (tertiary/aromatic N) is 1. The van der Waals surface area contributed by atoms with E-state index < -0.39 is 5.97 Å². The molecule has 7 heteroatoms. The van der Waals surface area contributed by atoms with Crippen molar-refractivity contribution in [2.24, 2.45) is 0 Å². The molecule has 0 bridgehead atoms. The molecule has 0 saturated carbocycles. The minimum atomic E-state index is -0.428. The molecule has 1 heterocycles. The van der Waals surface area contributed by atoms with E-state index in [1.54, 1.807) is 6.07 Å². The van der Waals surface area contributed by atoms with Gasteiger partial charge in [0.05, 0.1) is 19.3 Å². The van der Waals surface area contributed by atoms with Crippen LogP contribution in [0.1, 0.15) is 39.3 Å². The summed E-state index contributed by atoms with van der Waals surface area (Å²) in [5, 5.41) is 0. The van der Waals surface area contributed by atoms with Crippen LogP contribution in [0.25, 0.3) is 0 Å². The third-order valence-electron chi connectivity index (χ3n) is 4.68. The van der Waals surface area contributed by atoms with Crippen LogP contribution in [-0.4, -0.2) is 41.8 Å². The molecule has 29 heavy (non-hydrogen) atoms. The van der Waals surface area contributed by atoms with E-state index in [9.17, 15) is 14.4 Å². The number of carbonyl (C=O) groups is 3. The highest BCUT2D eigenvalue weighted by Gasteiger charge is 2.18. The van der Waals surface area contributed by atoms with Crippen LogP contribution < -0.4 is 0 Å². The Balaban J connectivity index is 1.90. The molecule has 1 aromatic heterocycles. The first-order chi connectivity index (χ1) is 13.7. The van der Waals surface area contributed by atoms with Gasteiger partial charge in [-0.1, -0.05) is 17.7 Å². The smallest absolute Gasteiger partial charge is 0.316 e. The molecule has 0 radical (unpaired) electrons. The number of aryl methyl sites for hydroxylation is 3. The van der Waals surface area contributed by atoms with E-state index in [4.69, 9.17) is 4.74 Å². The summed E-state index contributed by atoms with van der Waals surface area (Å²) in [6.45, 7) is 7.84. The average molecular weight is 418 g/mol. The third-order valence-corrected chi connectivity index (χ3v) is 5.83. The lowest BCUT2D eigenvalue weighted by Gasteiger charge is -2.09. The standard InChI is InChI=1S/C22H27NO5S/c1-14-6-7-20(15(2)10-14)29-13-22(26)28-12-19(24)18-11-16(3)23(17(18)4)9-8-21(25)27-5/h6-7,10-11H,8-9,12-13H2,1-5H3. The molecule has 0 aliphatic carbocycles. The minimum Gasteiger partial charge on any atom is -0.469 e. The van der Waals surface area contributed by atoms with Crippen molar-refractivity contribution in [3.05, 3.63) is 52.3 Å². The summed E-state index contributed by atoms with van der Waals surface area (Å²) < 4.78 is 11.7. The van der Waals surface area contributed by atoms with Crippen molar-refractivity contribution in [3.63, 3.8) is 0 Å². The predicted octanol–water partition coefficient (Wildman–Crippen LogP) is 3.80. The first-order valence-corrected chi connectivity index (χ1v) is 10.3. The number of aromatic nitrogens is 1. The van der Waals surface area contributed by atoms with Gasteiger partial charge in [0.25, 0.3) is 0 Å². The minimum absolute atomic E-state index is 0.148. The quantitative estimate of drug-likeness (QED) is 0.351. The van der Waals surface area contributed by atoms with Crippen molar-refractivity contribution in [1.29, 1.82) is 0 Å². The van der Waals surface area contributed by atoms with Crippen LogP contribution >= 0.6 is 11.8 Å². The topological polar surface area (TPSA) is 74.6 Å². The maximum Gasteiger partial charge on any atom is 0.316 e. The van der Waals surface area contributed by atoms with Gasteiger partial charge in [0, 0.05) is 28.4 Å². The Morgan fingerprint density at radius 2 is 1.76 bits per heavy atom. The van der Waals surface area contributed by atoms with Gasteiger partial charge in [0.2, 0.25) is 5.78 Å². The number of benzene rings is 1. The highest BCUT2D eigenvalue weighted by Crippen LogP contribution is 2.23. The molecule has 0 aliphatic rings. The zero-order valence-corrected chi connectivity index (χ0v) is 18.4. The zero-order valence-electron chi connectivity index (χ0n) is 17.5. The molecule has 1 aromatic carbocycles. The Labute approximate surface area is 175 Å². The lowest BCUT2D eigenvalue weighted by Crippen LogP contribution is -2.16. The van der Waals surface area contributed by atoms with Crippen LogP contribution in [0.5, 0.6) is 0 Å². The number of hydrogen-bond acceptors (Lipinski definition) is 6. The van der Waals surface area contributed by atoms with Crippen molar-refractivity contribution in [1.82, 2.24) is 4.57 Å². The van der Waals surface area contributed by atoms with Gasteiger partial charge < -0.3 is 14.0 Å². The Kier molecular flexibility index (Phi) is 8.08. The number of rotatable bonds is 9. The molecule has 6 nitrogen and oxygen atoms in total. The lowest BCUT2D eigenvalue weighted by atomic mass is 10.1. The van der Waals surface area contributed by atoms with Crippen molar-refractivity contribution < 1.29 is 23.9 Å². The summed E-state index contributed by atoms with van der Waals surface area (Å²) in [7, 11) is 1.35. The van der Waals surface area contributed by atoms with Gasteiger partial charge in [-0.05, 0) is 45.4 Å². The van der Waals surface area contributed by atoms with Gasteiger partial charge in [0.1, 0.15) is 0 Å². The first kappa shape index (κ1) is 22.7. The van der Waals surface area contributed by atoms with Gasteiger partial charge in [-0.3, -0.25) is 14.4 Å². The van der Waals surface area contributed by atoms with Gasteiger partial charge in [-0.2, -0.15) is 0 Å². The second-order valence-corrected chi connectivity index (χ2v) is 7.92. The van der Waals surface area contributed by atoms with Crippen LogP contribution in [0.2, 0.25) is 0 Å². The fraction of sp³-hybridized carbons (Fsp3) is 0.409. The maximum atomic E-state index is 12.5. The number of esters is 2. The number of hydrogen-bond donors (Lipinski definition) is 0. The Hall–Kier alpha value is -2.54. The molecule has 0 amide bonds. The van der Waals surface area contributed by atoms with Gasteiger partial charge in [-0.25, -0.2) is 0 Å². The molecular weight excluding hydrogens is 390 g/mol. The van der Waals surface area contributed by atoms with Crippen LogP contribution in [0.4, 0.5) is 0 Å². The Bertz CT molecular complexity index is 916. The van der Waals surface area contributed by atoms with Crippen molar-refractivity contribution in [2.75, 3.05) is 19.5 Å². The molecule has 2 aromatic rings. The molecule has 0 fully saturated rings. The molecule has 0 aliphatic heterocycles. The molecule has 0 saturated heterocycles. The summed E-state index contributed by atoms with van der Waals surface area (Å²) in [5.41, 5.74) is 4.40. The summed E-state index contributed by atoms with van der Waals surface area (Å²) in [5.74, 6) is -0.842. The number of ether oxygens (including phenoxy) is 2. The lowest BCUT2D eigenvalue weighted by molar-refractivity contribution is -0.141. The fourth-order valence-corrected chi connectivity index (χ4v) is 3.90. The van der Waals surface area contributed by atoms with E-state index in [-0.39, 0.29) is 30.5 Å². The number of thioether (sulfide) groups is 1. The highest BCUT2D eigenvalue weighted by molar-refractivity contribution is 8.00. The third kappa shape index (κ3) is 6.22. The molecule has 156 valence electrons. The maximum absolute atomic E-state index is 12.5. The second-order valence-electron chi connectivity index (χ2n) is 6.90. The van der Waals surface area contributed by atoms with E-state index in [1.807, 2.05) is 44.4 Å². The predicted molar refractivity (Wildman–Crippen MR) is 112 cm³/mol.